The van der Waals surface area contributed by atoms with Crippen molar-refractivity contribution < 1.29 is 33.4 Å². The van der Waals surface area contributed by atoms with Gasteiger partial charge in [-0.3, -0.25) is 24.5 Å². The predicted molar refractivity (Wildman–Crippen MR) is 139 cm³/mol. The van der Waals surface area contributed by atoms with Gasteiger partial charge in [-0.2, -0.15) is 0 Å². The van der Waals surface area contributed by atoms with Crippen molar-refractivity contribution >= 4 is 52.5 Å². The van der Waals surface area contributed by atoms with Crippen LogP contribution in [-0.4, -0.2) is 45.1 Å². The Kier molecular flexibility index (Phi) is 5.82. The van der Waals surface area contributed by atoms with Crippen molar-refractivity contribution in [2.75, 3.05) is 11.5 Å². The minimum atomic E-state index is -2.05. The standard InChI is InChI=1S/C28H23Cl2FN2O6/c1-2-39-20-11-13(3-10-19(20)34)22-16-8-9-17-21(24(36)32-23(17)35)18(16)12-27(29)25(37)33(26(38)28(22,27)30)15-6-4-14(31)5-7-15/h3-8,10-11,17-18,21-22,34H,2,9,12H2,1H3,(H,32,35,36)/t17-,18+,21-,22-,27+,28-/m0/s1. The number of nitrogens with zero attached hydrogens (tertiary/aromatic N) is 1. The molecule has 1 saturated carbocycles. The van der Waals surface area contributed by atoms with Crippen molar-refractivity contribution in [3.8, 4) is 11.5 Å². The number of alkyl halides is 2. The Morgan fingerprint density at radius 3 is 2.46 bits per heavy atom. The highest BCUT2D eigenvalue weighted by Gasteiger charge is 2.76. The third kappa shape index (κ3) is 3.42. The topological polar surface area (TPSA) is 113 Å². The van der Waals surface area contributed by atoms with E-state index in [4.69, 9.17) is 27.9 Å². The van der Waals surface area contributed by atoms with Gasteiger partial charge in [-0.1, -0.05) is 17.7 Å². The van der Waals surface area contributed by atoms with Gasteiger partial charge in [0, 0.05) is 5.92 Å². The number of phenols is 1. The molecule has 6 rings (SSSR count). The molecule has 6 atom stereocenters. The number of carbonyl (C=O) groups is 4. The molecular weight excluding hydrogens is 550 g/mol. The molecule has 2 aromatic carbocycles. The van der Waals surface area contributed by atoms with Crippen LogP contribution in [-0.2, 0) is 19.2 Å². The summed E-state index contributed by atoms with van der Waals surface area (Å²) >= 11 is 14.5. The van der Waals surface area contributed by atoms with Gasteiger partial charge in [0.05, 0.1) is 24.1 Å². The van der Waals surface area contributed by atoms with E-state index in [0.717, 1.165) is 17.0 Å². The second-order valence-corrected chi connectivity index (χ2v) is 11.5. The third-order valence-electron chi connectivity index (χ3n) is 8.36. The SMILES string of the molecule is CCOc1cc([C@H]2C3=CC[C@@H]4C(=O)NC(=O)[C@@H]4[C@@H]3C[C@@]3(Cl)C(=O)N(c4ccc(F)cc4)C(=O)[C@@]23Cl)ccc1O. The molecule has 0 unspecified atom stereocenters. The zero-order valence-electron chi connectivity index (χ0n) is 20.6. The fraction of sp³-hybridized carbons (Fsp3) is 0.357. The second kappa shape index (κ2) is 8.79. The number of fused-ring (bicyclic) bond motifs is 4. The number of aromatic hydroxyl groups is 1. The van der Waals surface area contributed by atoms with Crippen LogP contribution in [0, 0.1) is 23.6 Å². The summed E-state index contributed by atoms with van der Waals surface area (Å²) in [5.41, 5.74) is 1.16. The number of hydrogen-bond acceptors (Lipinski definition) is 6. The van der Waals surface area contributed by atoms with Gasteiger partial charge in [-0.25, -0.2) is 9.29 Å². The lowest BCUT2D eigenvalue weighted by Gasteiger charge is -2.50. The second-order valence-electron chi connectivity index (χ2n) is 10.3. The maximum Gasteiger partial charge on any atom is 0.258 e. The van der Waals surface area contributed by atoms with Crippen molar-refractivity contribution in [2.45, 2.75) is 35.4 Å². The smallest absolute Gasteiger partial charge is 0.258 e. The monoisotopic (exact) mass is 572 g/mol. The van der Waals surface area contributed by atoms with E-state index < -0.39 is 62.9 Å². The Morgan fingerprint density at radius 1 is 1.05 bits per heavy atom. The highest BCUT2D eigenvalue weighted by Crippen LogP contribution is 2.65. The fourth-order valence-electron chi connectivity index (χ4n) is 6.66. The molecule has 0 spiro atoms. The Morgan fingerprint density at radius 2 is 1.77 bits per heavy atom. The molecule has 0 radical (unpaired) electrons. The summed E-state index contributed by atoms with van der Waals surface area (Å²) in [6.45, 7) is 2.00. The van der Waals surface area contributed by atoms with Crippen LogP contribution in [0.4, 0.5) is 10.1 Å². The predicted octanol–water partition coefficient (Wildman–Crippen LogP) is 3.78. The lowest BCUT2D eigenvalue weighted by atomic mass is 9.56. The van der Waals surface area contributed by atoms with Gasteiger partial charge < -0.3 is 9.84 Å². The summed E-state index contributed by atoms with van der Waals surface area (Å²) in [6, 6.07) is 9.32. The van der Waals surface area contributed by atoms with Crippen molar-refractivity contribution in [2.24, 2.45) is 17.8 Å². The number of nitrogens with one attached hydrogen (secondary N) is 1. The number of anilines is 1. The maximum atomic E-state index is 14.2. The molecule has 202 valence electrons. The molecule has 4 aliphatic rings. The summed E-state index contributed by atoms with van der Waals surface area (Å²) in [4.78, 5) is 50.5. The first-order valence-corrected chi connectivity index (χ1v) is 13.3. The number of phenolic OH excluding ortho intramolecular Hbond substituents is 1. The van der Waals surface area contributed by atoms with E-state index in [0.29, 0.717) is 11.1 Å². The number of amides is 4. The molecule has 8 nitrogen and oxygen atoms in total. The average molecular weight is 573 g/mol. The Bertz CT molecular complexity index is 1480. The molecule has 0 bridgehead atoms. The zero-order valence-corrected chi connectivity index (χ0v) is 22.1. The minimum Gasteiger partial charge on any atom is -0.504 e. The van der Waals surface area contributed by atoms with Crippen molar-refractivity contribution in [1.29, 1.82) is 0 Å². The summed E-state index contributed by atoms with van der Waals surface area (Å²) in [6.07, 6.45) is 1.88. The zero-order chi connectivity index (χ0) is 27.9. The van der Waals surface area contributed by atoms with Gasteiger partial charge in [0.25, 0.3) is 11.8 Å². The van der Waals surface area contributed by atoms with Crippen molar-refractivity contribution in [3.05, 3.63) is 65.5 Å². The van der Waals surface area contributed by atoms with Crippen LogP contribution in [0.15, 0.2) is 54.1 Å². The molecule has 4 amide bonds. The van der Waals surface area contributed by atoms with Crippen LogP contribution in [0.3, 0.4) is 0 Å². The molecule has 2 heterocycles. The highest BCUT2D eigenvalue weighted by molar-refractivity contribution is 6.58. The van der Waals surface area contributed by atoms with Gasteiger partial charge in [0.15, 0.2) is 21.2 Å². The summed E-state index contributed by atoms with van der Waals surface area (Å²) in [5, 5.41) is 12.7. The maximum absolute atomic E-state index is 14.2. The van der Waals surface area contributed by atoms with Crippen LogP contribution >= 0.6 is 23.2 Å². The van der Waals surface area contributed by atoms with Gasteiger partial charge in [-0.05, 0) is 67.6 Å². The Hall–Kier alpha value is -3.43. The minimum absolute atomic E-state index is 0.101. The molecule has 2 N–H and O–H groups in total. The van der Waals surface area contributed by atoms with Gasteiger partial charge in [0.2, 0.25) is 11.8 Å². The fourth-order valence-corrected chi connectivity index (χ4v) is 7.60. The van der Waals surface area contributed by atoms with E-state index in [9.17, 15) is 28.7 Å². The normalized spacial score (nSPS) is 33.3. The number of carbonyl (C=O) groups excluding carboxylic acids is 4. The van der Waals surface area contributed by atoms with E-state index in [1.54, 1.807) is 25.1 Å². The van der Waals surface area contributed by atoms with Gasteiger partial charge in [0.1, 0.15) is 5.82 Å². The first kappa shape index (κ1) is 25.8. The molecule has 2 aromatic rings. The first-order valence-electron chi connectivity index (χ1n) is 12.6. The molecule has 2 aliphatic heterocycles. The summed E-state index contributed by atoms with van der Waals surface area (Å²) < 4.78 is 19.3. The van der Waals surface area contributed by atoms with Crippen LogP contribution in [0.2, 0.25) is 0 Å². The molecular formula is C28H23Cl2FN2O6. The van der Waals surface area contributed by atoms with Crippen LogP contribution in [0.1, 0.15) is 31.2 Å². The van der Waals surface area contributed by atoms with Crippen molar-refractivity contribution in [3.63, 3.8) is 0 Å². The number of ether oxygens (including phenoxy) is 1. The van der Waals surface area contributed by atoms with Crippen molar-refractivity contribution in [1.82, 2.24) is 5.32 Å². The van der Waals surface area contributed by atoms with E-state index in [1.807, 2.05) is 0 Å². The van der Waals surface area contributed by atoms with Crippen LogP contribution < -0.4 is 15.0 Å². The average Bonchev–Trinajstić information content (AvgIpc) is 3.27. The number of benzene rings is 2. The quantitative estimate of drug-likeness (QED) is 0.327. The molecule has 39 heavy (non-hydrogen) atoms. The molecule has 11 heteroatoms. The van der Waals surface area contributed by atoms with E-state index in [-0.39, 0.29) is 36.6 Å². The number of halogens is 3. The van der Waals surface area contributed by atoms with E-state index in [1.165, 1.54) is 18.2 Å². The molecule has 3 fully saturated rings. The van der Waals surface area contributed by atoms with E-state index in [2.05, 4.69) is 5.32 Å². The highest BCUT2D eigenvalue weighted by atomic mass is 35.5. The number of hydrogen-bond donors (Lipinski definition) is 2. The van der Waals surface area contributed by atoms with Crippen LogP contribution in [0.25, 0.3) is 0 Å². The summed E-state index contributed by atoms with van der Waals surface area (Å²) in [5.74, 6) is -6.08. The Balaban J connectivity index is 1.57. The molecule has 2 aliphatic carbocycles. The number of imide groups is 2. The third-order valence-corrected chi connectivity index (χ3v) is 9.77. The molecule has 2 saturated heterocycles. The Labute approximate surface area is 232 Å². The first-order chi connectivity index (χ1) is 18.5. The van der Waals surface area contributed by atoms with Gasteiger partial charge >= 0.3 is 0 Å². The molecule has 0 aromatic heterocycles. The lowest BCUT2D eigenvalue weighted by molar-refractivity contribution is -0.127. The largest absolute Gasteiger partial charge is 0.504 e. The lowest BCUT2D eigenvalue weighted by Crippen LogP contribution is -2.60. The van der Waals surface area contributed by atoms with Gasteiger partial charge in [-0.15, -0.1) is 23.2 Å². The summed E-state index contributed by atoms with van der Waals surface area (Å²) in [7, 11) is 0. The number of rotatable bonds is 4. The van der Waals surface area contributed by atoms with E-state index >= 15 is 0 Å². The van der Waals surface area contributed by atoms with Crippen LogP contribution in [0.5, 0.6) is 11.5 Å². The number of allylic oxidation sites excluding steroid dienone is 2.